The minimum atomic E-state index is 0.511. The van der Waals surface area contributed by atoms with Gasteiger partial charge in [-0.25, -0.2) is 9.67 Å². The van der Waals surface area contributed by atoms with Gasteiger partial charge >= 0.3 is 0 Å². The number of hydrogen-bond acceptors (Lipinski definition) is 7. The first-order chi connectivity index (χ1) is 16.3. The van der Waals surface area contributed by atoms with Gasteiger partial charge in [-0.1, -0.05) is 30.3 Å². The average molecular weight is 438 g/mol. The topological polar surface area (TPSA) is 82.1 Å². The molecular weight excluding hydrogens is 416 g/mol. The molecule has 0 unspecified atom stereocenters. The van der Waals surface area contributed by atoms with Crippen molar-refractivity contribution in [3.8, 4) is 28.5 Å². The van der Waals surface area contributed by atoms with Crippen LogP contribution in [0.4, 0.5) is 5.82 Å². The van der Waals surface area contributed by atoms with Crippen LogP contribution < -0.4 is 4.90 Å². The lowest BCUT2D eigenvalue weighted by Gasteiger charge is -2.27. The maximum absolute atomic E-state index is 6.37. The van der Waals surface area contributed by atoms with Crippen LogP contribution in [0.5, 0.6) is 0 Å². The van der Waals surface area contributed by atoms with Gasteiger partial charge in [0.1, 0.15) is 11.3 Å². The predicted molar refractivity (Wildman–Crippen MR) is 125 cm³/mol. The van der Waals surface area contributed by atoms with Crippen LogP contribution in [0.2, 0.25) is 0 Å². The van der Waals surface area contributed by atoms with Crippen LogP contribution in [-0.4, -0.2) is 51.0 Å². The van der Waals surface area contributed by atoms with Crippen molar-refractivity contribution in [1.29, 1.82) is 0 Å². The highest BCUT2D eigenvalue weighted by atomic mass is 16.5. The fourth-order valence-corrected chi connectivity index (χ4v) is 4.13. The summed E-state index contributed by atoms with van der Waals surface area (Å²) in [5.41, 5.74) is 5.30. The summed E-state index contributed by atoms with van der Waals surface area (Å²) >= 11 is 0. The van der Waals surface area contributed by atoms with Crippen molar-refractivity contribution in [3.63, 3.8) is 0 Å². The molecule has 5 aromatic rings. The van der Waals surface area contributed by atoms with Gasteiger partial charge in [-0.15, -0.1) is 0 Å². The summed E-state index contributed by atoms with van der Waals surface area (Å²) in [6, 6.07) is 15.9. The van der Waals surface area contributed by atoms with Crippen LogP contribution in [0, 0.1) is 6.92 Å². The molecule has 4 aromatic heterocycles. The van der Waals surface area contributed by atoms with Gasteiger partial charge in [0.15, 0.2) is 11.4 Å². The number of morpholine rings is 1. The van der Waals surface area contributed by atoms with E-state index in [1.165, 1.54) is 0 Å². The molecule has 5 heterocycles. The maximum atomic E-state index is 6.37. The molecule has 1 saturated heterocycles. The summed E-state index contributed by atoms with van der Waals surface area (Å²) in [7, 11) is 0. The van der Waals surface area contributed by atoms with Gasteiger partial charge in [0.05, 0.1) is 18.9 Å². The molecule has 164 valence electrons. The second-order valence-electron chi connectivity index (χ2n) is 7.93. The summed E-state index contributed by atoms with van der Waals surface area (Å²) in [6.07, 6.45) is 5.42. The Hall–Kier alpha value is -4.04. The standard InChI is InChI=1S/C25H22N6O2/c1-17-21-23(33-22(17)19-7-10-26-11-8-19)24(30-13-15-32-16-14-30)28-25(27-21)31-12-9-20(29-31)18-5-3-2-4-6-18/h2-12H,13-16H2,1H3. The number of nitrogens with zero attached hydrogens (tertiary/aromatic N) is 6. The predicted octanol–water partition coefficient (Wildman–Crippen LogP) is 4.28. The molecule has 0 radical (unpaired) electrons. The van der Waals surface area contributed by atoms with E-state index in [4.69, 9.17) is 24.2 Å². The number of ether oxygens (including phenoxy) is 1. The molecule has 0 aliphatic carbocycles. The van der Waals surface area contributed by atoms with Crippen molar-refractivity contribution < 1.29 is 9.15 Å². The molecule has 8 heteroatoms. The van der Waals surface area contributed by atoms with Crippen LogP contribution in [0.3, 0.4) is 0 Å². The molecular formula is C25H22N6O2. The summed E-state index contributed by atoms with van der Waals surface area (Å²) < 4.78 is 13.7. The van der Waals surface area contributed by atoms with Gasteiger partial charge in [-0.3, -0.25) is 4.98 Å². The zero-order valence-electron chi connectivity index (χ0n) is 18.2. The molecule has 0 spiro atoms. The van der Waals surface area contributed by atoms with E-state index < -0.39 is 0 Å². The minimum absolute atomic E-state index is 0.511. The van der Waals surface area contributed by atoms with Crippen molar-refractivity contribution in [2.75, 3.05) is 31.2 Å². The van der Waals surface area contributed by atoms with Crippen LogP contribution in [0.1, 0.15) is 5.56 Å². The lowest BCUT2D eigenvalue weighted by Crippen LogP contribution is -2.37. The van der Waals surface area contributed by atoms with E-state index in [0.29, 0.717) is 24.7 Å². The Bertz CT molecular complexity index is 1410. The van der Waals surface area contributed by atoms with Gasteiger partial charge in [-0.2, -0.15) is 10.1 Å². The molecule has 8 nitrogen and oxygen atoms in total. The third kappa shape index (κ3) is 3.54. The highest BCUT2D eigenvalue weighted by molar-refractivity contribution is 5.92. The fraction of sp³-hybridized carbons (Fsp3) is 0.200. The first-order valence-electron chi connectivity index (χ1n) is 10.9. The third-order valence-electron chi connectivity index (χ3n) is 5.85. The number of fused-ring (bicyclic) bond motifs is 1. The van der Waals surface area contributed by atoms with Gasteiger partial charge in [0.25, 0.3) is 5.95 Å². The van der Waals surface area contributed by atoms with Crippen molar-refractivity contribution in [2.45, 2.75) is 6.92 Å². The monoisotopic (exact) mass is 438 g/mol. The Morgan fingerprint density at radius 2 is 1.67 bits per heavy atom. The molecule has 0 amide bonds. The molecule has 0 bridgehead atoms. The average Bonchev–Trinajstić information content (AvgIpc) is 3.51. The van der Waals surface area contributed by atoms with Crippen molar-refractivity contribution >= 4 is 16.9 Å². The second-order valence-corrected chi connectivity index (χ2v) is 7.93. The van der Waals surface area contributed by atoms with E-state index in [2.05, 4.69) is 9.88 Å². The van der Waals surface area contributed by atoms with Gasteiger partial charge in [0.2, 0.25) is 0 Å². The SMILES string of the molecule is Cc1c(-c2ccncc2)oc2c(N3CCOCC3)nc(-n3ccc(-c4ccccc4)n3)nc12. The Kier molecular flexibility index (Phi) is 4.84. The molecule has 1 aliphatic rings. The number of furan rings is 1. The Balaban J connectivity index is 1.52. The fourth-order valence-electron chi connectivity index (χ4n) is 4.13. The van der Waals surface area contributed by atoms with Crippen LogP contribution in [-0.2, 0) is 4.74 Å². The Morgan fingerprint density at radius 1 is 0.879 bits per heavy atom. The van der Waals surface area contributed by atoms with Crippen LogP contribution in [0.25, 0.3) is 39.6 Å². The second kappa shape index (κ2) is 8.14. The number of anilines is 1. The van der Waals surface area contributed by atoms with E-state index in [1.807, 2.05) is 61.7 Å². The van der Waals surface area contributed by atoms with E-state index >= 15 is 0 Å². The van der Waals surface area contributed by atoms with E-state index in [0.717, 1.165) is 52.6 Å². The molecule has 1 aliphatic heterocycles. The van der Waals surface area contributed by atoms with Gasteiger partial charge in [0, 0.05) is 48.4 Å². The number of benzene rings is 1. The molecule has 1 aromatic carbocycles. The number of aryl methyl sites for hydroxylation is 1. The third-order valence-corrected chi connectivity index (χ3v) is 5.85. The number of pyridine rings is 1. The number of aromatic nitrogens is 5. The van der Waals surface area contributed by atoms with Crippen molar-refractivity contribution in [1.82, 2.24) is 24.7 Å². The zero-order valence-corrected chi connectivity index (χ0v) is 18.2. The van der Waals surface area contributed by atoms with E-state index in [9.17, 15) is 0 Å². The molecule has 0 N–H and O–H groups in total. The molecule has 6 rings (SSSR count). The highest BCUT2D eigenvalue weighted by Crippen LogP contribution is 2.36. The minimum Gasteiger partial charge on any atom is -0.450 e. The smallest absolute Gasteiger partial charge is 0.253 e. The summed E-state index contributed by atoms with van der Waals surface area (Å²) in [6.45, 7) is 4.81. The first kappa shape index (κ1) is 19.6. The molecule has 0 atom stereocenters. The first-order valence-corrected chi connectivity index (χ1v) is 10.9. The van der Waals surface area contributed by atoms with Crippen molar-refractivity contribution in [3.05, 3.63) is 72.7 Å². The highest BCUT2D eigenvalue weighted by Gasteiger charge is 2.24. The zero-order chi connectivity index (χ0) is 22.2. The normalized spacial score (nSPS) is 14.2. The lowest BCUT2D eigenvalue weighted by molar-refractivity contribution is 0.122. The van der Waals surface area contributed by atoms with Gasteiger partial charge < -0.3 is 14.1 Å². The van der Waals surface area contributed by atoms with Gasteiger partial charge in [-0.05, 0) is 25.1 Å². The molecule has 0 saturated carbocycles. The van der Waals surface area contributed by atoms with Crippen LogP contribution >= 0.6 is 0 Å². The van der Waals surface area contributed by atoms with E-state index in [-0.39, 0.29) is 0 Å². The molecule has 1 fully saturated rings. The Labute approximate surface area is 190 Å². The largest absolute Gasteiger partial charge is 0.450 e. The van der Waals surface area contributed by atoms with Crippen LogP contribution in [0.15, 0.2) is 71.5 Å². The Morgan fingerprint density at radius 3 is 2.45 bits per heavy atom. The maximum Gasteiger partial charge on any atom is 0.253 e. The number of hydrogen-bond donors (Lipinski definition) is 0. The summed E-state index contributed by atoms with van der Waals surface area (Å²) in [5.74, 6) is 2.05. The quantitative estimate of drug-likeness (QED) is 0.414. The van der Waals surface area contributed by atoms with E-state index in [1.54, 1.807) is 17.1 Å². The lowest BCUT2D eigenvalue weighted by atomic mass is 10.1. The van der Waals surface area contributed by atoms with Crippen molar-refractivity contribution in [2.24, 2.45) is 0 Å². The number of rotatable bonds is 4. The summed E-state index contributed by atoms with van der Waals surface area (Å²) in [5, 5.41) is 4.75. The summed E-state index contributed by atoms with van der Waals surface area (Å²) in [4.78, 5) is 16.1. The molecule has 33 heavy (non-hydrogen) atoms.